The molecule has 6 nitrogen and oxygen atoms in total. The van der Waals surface area contributed by atoms with Gasteiger partial charge in [-0.25, -0.2) is 4.79 Å². The van der Waals surface area contributed by atoms with E-state index in [9.17, 15) is 9.59 Å². The van der Waals surface area contributed by atoms with Crippen LogP contribution >= 0.6 is 0 Å². The quantitative estimate of drug-likeness (QED) is 0.580. The Bertz CT molecular complexity index is 851. The monoisotopic (exact) mass is 321 g/mol. The number of anilines is 2. The van der Waals surface area contributed by atoms with Crippen LogP contribution in [0.15, 0.2) is 60.3 Å². The lowest BCUT2D eigenvalue weighted by molar-refractivity contribution is -0.112. The van der Waals surface area contributed by atoms with Gasteiger partial charge in [0.15, 0.2) is 0 Å². The molecule has 6 heteroatoms. The number of hydrogen-bond donors (Lipinski definition) is 3. The van der Waals surface area contributed by atoms with Crippen LogP contribution in [0, 0.1) is 18.3 Å². The highest BCUT2D eigenvalue weighted by atomic mass is 16.4. The standard InChI is InChI=1S/C18H15N3O3/c1-12-5-2-3-8-16(12)20-11-14(10-19)17(22)21-15-7-4-6-13(9-15)18(23)24/h2-9,11,20H,1H3,(H,21,22)(H,23,24)/b14-11-. The van der Waals surface area contributed by atoms with Gasteiger partial charge in [0.1, 0.15) is 11.6 Å². The Morgan fingerprint density at radius 2 is 1.92 bits per heavy atom. The highest BCUT2D eigenvalue weighted by molar-refractivity contribution is 6.07. The average molecular weight is 321 g/mol. The molecule has 0 atom stereocenters. The number of carbonyl (C=O) groups is 2. The maximum atomic E-state index is 12.1. The number of amides is 1. The first-order valence-corrected chi connectivity index (χ1v) is 7.08. The Hall–Kier alpha value is -3.59. The summed E-state index contributed by atoms with van der Waals surface area (Å²) in [7, 11) is 0. The van der Waals surface area contributed by atoms with Gasteiger partial charge in [0, 0.05) is 17.6 Å². The van der Waals surface area contributed by atoms with Gasteiger partial charge in [0.25, 0.3) is 5.91 Å². The van der Waals surface area contributed by atoms with Crippen molar-refractivity contribution in [2.45, 2.75) is 6.92 Å². The average Bonchev–Trinajstić information content (AvgIpc) is 2.57. The second-order valence-corrected chi connectivity index (χ2v) is 4.97. The summed E-state index contributed by atoms with van der Waals surface area (Å²) in [5, 5.41) is 23.5. The highest BCUT2D eigenvalue weighted by Crippen LogP contribution is 2.15. The van der Waals surface area contributed by atoms with Crippen LogP contribution in [-0.2, 0) is 4.79 Å². The SMILES string of the molecule is Cc1ccccc1N/C=C(/C#N)C(=O)Nc1cccc(C(=O)O)c1. The zero-order valence-corrected chi connectivity index (χ0v) is 12.9. The second-order valence-electron chi connectivity index (χ2n) is 4.97. The van der Waals surface area contributed by atoms with Gasteiger partial charge in [-0.1, -0.05) is 24.3 Å². The van der Waals surface area contributed by atoms with Crippen molar-refractivity contribution in [2.24, 2.45) is 0 Å². The molecule has 120 valence electrons. The molecule has 24 heavy (non-hydrogen) atoms. The fourth-order valence-electron chi connectivity index (χ4n) is 1.96. The summed E-state index contributed by atoms with van der Waals surface area (Å²) in [6, 6.07) is 15.1. The number of benzene rings is 2. The van der Waals surface area contributed by atoms with Crippen LogP contribution in [-0.4, -0.2) is 17.0 Å². The summed E-state index contributed by atoms with van der Waals surface area (Å²) >= 11 is 0. The van der Waals surface area contributed by atoms with Gasteiger partial charge in [0.05, 0.1) is 5.56 Å². The van der Waals surface area contributed by atoms with Gasteiger partial charge in [0.2, 0.25) is 0 Å². The van der Waals surface area contributed by atoms with E-state index >= 15 is 0 Å². The van der Waals surface area contributed by atoms with Crippen molar-refractivity contribution in [1.29, 1.82) is 5.26 Å². The maximum Gasteiger partial charge on any atom is 0.335 e. The summed E-state index contributed by atoms with van der Waals surface area (Å²) in [6.45, 7) is 1.90. The number of para-hydroxylation sites is 1. The van der Waals surface area contributed by atoms with Crippen molar-refractivity contribution in [1.82, 2.24) is 0 Å². The summed E-state index contributed by atoms with van der Waals surface area (Å²) < 4.78 is 0. The van der Waals surface area contributed by atoms with Crippen LogP contribution < -0.4 is 10.6 Å². The van der Waals surface area contributed by atoms with Gasteiger partial charge < -0.3 is 15.7 Å². The second kappa shape index (κ2) is 7.61. The van der Waals surface area contributed by atoms with Crippen LogP contribution in [0.5, 0.6) is 0 Å². The lowest BCUT2D eigenvalue weighted by atomic mass is 10.2. The molecule has 0 saturated heterocycles. The number of carbonyl (C=O) groups excluding carboxylic acids is 1. The predicted molar refractivity (Wildman–Crippen MR) is 90.5 cm³/mol. The van der Waals surface area contributed by atoms with Crippen molar-refractivity contribution in [2.75, 3.05) is 10.6 Å². The van der Waals surface area contributed by atoms with Gasteiger partial charge in [-0.05, 0) is 36.8 Å². The molecule has 0 fully saturated rings. The molecule has 0 aromatic heterocycles. The van der Waals surface area contributed by atoms with E-state index < -0.39 is 11.9 Å². The van der Waals surface area contributed by atoms with E-state index in [4.69, 9.17) is 10.4 Å². The molecule has 3 N–H and O–H groups in total. The van der Waals surface area contributed by atoms with Crippen LogP contribution in [0.25, 0.3) is 0 Å². The summed E-state index contributed by atoms with van der Waals surface area (Å²) in [6.07, 6.45) is 1.32. The normalized spacial score (nSPS) is 10.6. The number of nitriles is 1. The number of carboxylic acid groups (broad SMARTS) is 1. The largest absolute Gasteiger partial charge is 0.478 e. The Kier molecular flexibility index (Phi) is 5.32. The van der Waals surface area contributed by atoms with E-state index in [1.165, 1.54) is 24.4 Å². The minimum atomic E-state index is -1.09. The van der Waals surface area contributed by atoms with E-state index in [-0.39, 0.29) is 11.1 Å². The first kappa shape index (κ1) is 16.8. The Morgan fingerprint density at radius 1 is 1.17 bits per heavy atom. The zero-order valence-electron chi connectivity index (χ0n) is 12.9. The first-order chi connectivity index (χ1) is 11.5. The molecular weight excluding hydrogens is 306 g/mol. The number of carboxylic acids is 1. The predicted octanol–water partition coefficient (Wildman–Crippen LogP) is 3.15. The molecule has 1 amide bonds. The fraction of sp³-hybridized carbons (Fsp3) is 0.0556. The minimum Gasteiger partial charge on any atom is -0.478 e. The first-order valence-electron chi connectivity index (χ1n) is 7.08. The summed E-state index contributed by atoms with van der Waals surface area (Å²) in [4.78, 5) is 23.1. The molecule has 0 bridgehead atoms. The van der Waals surface area contributed by atoms with Gasteiger partial charge in [-0.2, -0.15) is 5.26 Å². The third-order valence-electron chi connectivity index (χ3n) is 3.25. The molecule has 0 heterocycles. The number of aryl methyl sites for hydroxylation is 1. The van der Waals surface area contributed by atoms with Crippen molar-refractivity contribution in [3.05, 3.63) is 71.4 Å². The lowest BCUT2D eigenvalue weighted by Gasteiger charge is -2.07. The topological polar surface area (TPSA) is 102 Å². The van der Waals surface area contributed by atoms with Crippen LogP contribution in [0.1, 0.15) is 15.9 Å². The molecule has 0 radical (unpaired) electrons. The number of nitrogens with one attached hydrogen (secondary N) is 2. The Balaban J connectivity index is 2.13. The molecule has 0 aliphatic heterocycles. The summed E-state index contributed by atoms with van der Waals surface area (Å²) in [5.41, 5.74) is 1.98. The summed E-state index contributed by atoms with van der Waals surface area (Å²) in [5.74, 6) is -1.72. The zero-order chi connectivity index (χ0) is 17.5. The van der Waals surface area contributed by atoms with Crippen molar-refractivity contribution >= 4 is 23.3 Å². The Morgan fingerprint density at radius 3 is 2.58 bits per heavy atom. The molecule has 2 aromatic rings. The Labute approximate surface area is 139 Å². The van der Waals surface area contributed by atoms with Gasteiger partial charge in [-0.15, -0.1) is 0 Å². The smallest absolute Gasteiger partial charge is 0.335 e. The van der Waals surface area contributed by atoms with E-state index in [0.717, 1.165) is 11.3 Å². The van der Waals surface area contributed by atoms with E-state index in [1.54, 1.807) is 6.07 Å². The molecule has 0 aliphatic rings. The number of hydrogen-bond acceptors (Lipinski definition) is 4. The number of nitrogens with zero attached hydrogens (tertiary/aromatic N) is 1. The van der Waals surface area contributed by atoms with Crippen molar-refractivity contribution in [3.63, 3.8) is 0 Å². The molecule has 0 unspecified atom stereocenters. The lowest BCUT2D eigenvalue weighted by Crippen LogP contribution is -2.15. The molecule has 0 spiro atoms. The number of aromatic carboxylic acids is 1. The third kappa shape index (κ3) is 4.21. The molecule has 2 aromatic carbocycles. The molecular formula is C18H15N3O3. The van der Waals surface area contributed by atoms with Crippen LogP contribution in [0.3, 0.4) is 0 Å². The third-order valence-corrected chi connectivity index (χ3v) is 3.25. The molecule has 2 rings (SSSR count). The fourth-order valence-corrected chi connectivity index (χ4v) is 1.96. The highest BCUT2D eigenvalue weighted by Gasteiger charge is 2.11. The molecule has 0 saturated carbocycles. The number of rotatable bonds is 5. The van der Waals surface area contributed by atoms with Gasteiger partial charge >= 0.3 is 5.97 Å². The maximum absolute atomic E-state index is 12.1. The van der Waals surface area contributed by atoms with Crippen LogP contribution in [0.2, 0.25) is 0 Å². The molecule has 0 aliphatic carbocycles. The van der Waals surface area contributed by atoms with Crippen molar-refractivity contribution < 1.29 is 14.7 Å². The van der Waals surface area contributed by atoms with E-state index in [2.05, 4.69) is 10.6 Å². The van der Waals surface area contributed by atoms with Crippen LogP contribution in [0.4, 0.5) is 11.4 Å². The van der Waals surface area contributed by atoms with Crippen molar-refractivity contribution in [3.8, 4) is 6.07 Å². The van der Waals surface area contributed by atoms with E-state index in [0.29, 0.717) is 5.69 Å². The van der Waals surface area contributed by atoms with Gasteiger partial charge in [-0.3, -0.25) is 4.79 Å². The minimum absolute atomic E-state index is 0.0494. The van der Waals surface area contributed by atoms with E-state index in [1.807, 2.05) is 37.3 Å².